The number of ketones is 1. The van der Waals surface area contributed by atoms with Crippen molar-refractivity contribution in [1.82, 2.24) is 4.90 Å². The van der Waals surface area contributed by atoms with E-state index in [4.69, 9.17) is 9.84 Å². The van der Waals surface area contributed by atoms with Crippen LogP contribution in [0.5, 0.6) is 0 Å². The molecule has 0 radical (unpaired) electrons. The van der Waals surface area contributed by atoms with Crippen molar-refractivity contribution in [2.75, 3.05) is 13.2 Å². The minimum Gasteiger partial charge on any atom is -0.480 e. The van der Waals surface area contributed by atoms with Crippen LogP contribution in [0.25, 0.3) is 0 Å². The Hall–Kier alpha value is -1.37. The molecule has 6 nitrogen and oxygen atoms in total. The van der Waals surface area contributed by atoms with Gasteiger partial charge in [0.15, 0.2) is 5.78 Å². The summed E-state index contributed by atoms with van der Waals surface area (Å²) >= 11 is 0. The zero-order valence-electron chi connectivity index (χ0n) is 10.9. The van der Waals surface area contributed by atoms with Crippen molar-refractivity contribution in [3.63, 3.8) is 0 Å². The molecular weight excluding hydrogens is 254 g/mol. The van der Waals surface area contributed by atoms with Crippen molar-refractivity contribution in [3.8, 4) is 0 Å². The molecule has 102 valence electrons. The molecule has 0 saturated carbocycles. The number of rotatable bonds is 4. The van der Waals surface area contributed by atoms with Crippen LogP contribution in [-0.2, 0) is 14.3 Å². The fourth-order valence-corrected chi connectivity index (χ4v) is 2.34. The van der Waals surface area contributed by atoms with Gasteiger partial charge in [-0.1, -0.05) is 19.6 Å². The van der Waals surface area contributed by atoms with Crippen molar-refractivity contribution >= 4 is 25.9 Å². The minimum absolute atomic E-state index is 0.127. The molecule has 1 aliphatic rings. The largest absolute Gasteiger partial charge is 0.480 e. The van der Waals surface area contributed by atoms with E-state index in [0.29, 0.717) is 0 Å². The first-order valence-corrected chi connectivity index (χ1v) is 9.59. The molecule has 18 heavy (non-hydrogen) atoms. The van der Waals surface area contributed by atoms with Gasteiger partial charge in [-0.15, -0.1) is 0 Å². The number of amides is 1. The quantitative estimate of drug-likeness (QED) is 0.778. The second-order valence-corrected chi connectivity index (χ2v) is 11.3. The number of carboxylic acid groups (broad SMARTS) is 1. The number of nitrogens with zero attached hydrogens (tertiary/aromatic N) is 1. The zero-order chi connectivity index (χ0) is 13.9. The van der Waals surface area contributed by atoms with Gasteiger partial charge in [0.25, 0.3) is 0 Å². The van der Waals surface area contributed by atoms with Crippen molar-refractivity contribution in [3.05, 3.63) is 0 Å². The second kappa shape index (κ2) is 5.51. The van der Waals surface area contributed by atoms with Crippen LogP contribution in [0.15, 0.2) is 0 Å². The molecule has 0 aromatic heterocycles. The molecule has 0 aromatic rings. The van der Waals surface area contributed by atoms with Crippen LogP contribution in [-0.4, -0.2) is 55.1 Å². The maximum absolute atomic E-state index is 11.7. The molecule has 1 N–H and O–H groups in total. The molecule has 0 spiro atoms. The highest BCUT2D eigenvalue weighted by Crippen LogP contribution is 2.16. The van der Waals surface area contributed by atoms with Crippen LogP contribution < -0.4 is 0 Å². The average molecular weight is 273 g/mol. The second-order valence-electron chi connectivity index (χ2n) is 5.65. The van der Waals surface area contributed by atoms with Gasteiger partial charge in [-0.3, -0.25) is 9.69 Å². The predicted octanol–water partition coefficient (Wildman–Crippen LogP) is 1.19. The summed E-state index contributed by atoms with van der Waals surface area (Å²) in [5.74, 6) is -1.41. The molecule has 7 heteroatoms. The van der Waals surface area contributed by atoms with E-state index in [2.05, 4.69) is 19.6 Å². The summed E-state index contributed by atoms with van der Waals surface area (Å²) in [5.41, 5.74) is 0. The number of likely N-dealkylation sites (tertiary alicyclic amines) is 1. The molecule has 1 atom stereocenters. The van der Waals surface area contributed by atoms with Gasteiger partial charge in [0.2, 0.25) is 0 Å². The van der Waals surface area contributed by atoms with Crippen LogP contribution >= 0.6 is 0 Å². The van der Waals surface area contributed by atoms with E-state index in [9.17, 15) is 14.4 Å². The number of aliphatic carboxylic acids is 1. The van der Waals surface area contributed by atoms with Crippen LogP contribution in [0.2, 0.25) is 25.7 Å². The van der Waals surface area contributed by atoms with E-state index in [1.807, 2.05) is 0 Å². The van der Waals surface area contributed by atoms with Gasteiger partial charge in [-0.05, 0) is 6.04 Å². The molecule has 1 unspecified atom stereocenters. The van der Waals surface area contributed by atoms with Gasteiger partial charge in [0, 0.05) is 14.5 Å². The summed E-state index contributed by atoms with van der Waals surface area (Å²) in [7, 11) is -1.29. The Kier molecular flexibility index (Phi) is 4.50. The van der Waals surface area contributed by atoms with Gasteiger partial charge in [0.05, 0.1) is 13.2 Å². The first kappa shape index (κ1) is 14.7. The maximum Gasteiger partial charge on any atom is 0.410 e. The third-order valence-electron chi connectivity index (χ3n) is 2.74. The lowest BCUT2D eigenvalue weighted by atomic mass is 10.2. The van der Waals surface area contributed by atoms with Crippen molar-refractivity contribution in [1.29, 1.82) is 0 Å². The monoisotopic (exact) mass is 273 g/mol. The highest BCUT2D eigenvalue weighted by Gasteiger charge is 2.39. The topological polar surface area (TPSA) is 83.9 Å². The Balaban J connectivity index is 2.50. The van der Waals surface area contributed by atoms with Crippen LogP contribution in [0, 0.1) is 0 Å². The number of ether oxygens (including phenoxy) is 1. The summed E-state index contributed by atoms with van der Waals surface area (Å²) in [6.07, 6.45) is -0.829. The Morgan fingerprint density at radius 1 is 1.44 bits per heavy atom. The number of hydrogen-bond donors (Lipinski definition) is 1. The number of carbonyl (C=O) groups is 3. The van der Waals surface area contributed by atoms with E-state index in [1.54, 1.807) is 0 Å². The summed E-state index contributed by atoms with van der Waals surface area (Å²) in [4.78, 5) is 34.8. The van der Waals surface area contributed by atoms with Crippen LogP contribution in [0.1, 0.15) is 6.42 Å². The lowest BCUT2D eigenvalue weighted by molar-refractivity contribution is -0.141. The fraction of sp³-hybridized carbons (Fsp3) is 0.727. The van der Waals surface area contributed by atoms with Gasteiger partial charge < -0.3 is 9.84 Å². The number of Topliss-reactive ketones (excluding diaryl/α,β-unsaturated/α-hetero) is 1. The Morgan fingerprint density at radius 3 is 2.56 bits per heavy atom. The van der Waals surface area contributed by atoms with Gasteiger partial charge in [-0.2, -0.15) is 0 Å². The summed E-state index contributed by atoms with van der Waals surface area (Å²) in [6, 6.07) is -0.255. The number of carbonyl (C=O) groups excluding carboxylic acids is 2. The highest BCUT2D eigenvalue weighted by atomic mass is 28.3. The van der Waals surface area contributed by atoms with E-state index in [1.165, 1.54) is 0 Å². The average Bonchev–Trinajstić information content (AvgIpc) is 2.58. The molecule has 1 amide bonds. The van der Waals surface area contributed by atoms with E-state index in [-0.39, 0.29) is 25.4 Å². The number of hydrogen-bond acceptors (Lipinski definition) is 4. The number of carboxylic acids is 1. The third kappa shape index (κ3) is 4.14. The fourth-order valence-electron chi connectivity index (χ4n) is 1.63. The van der Waals surface area contributed by atoms with E-state index < -0.39 is 26.2 Å². The van der Waals surface area contributed by atoms with Crippen molar-refractivity contribution < 1.29 is 24.2 Å². The molecule has 0 aromatic carbocycles. The highest BCUT2D eigenvalue weighted by molar-refractivity contribution is 6.76. The van der Waals surface area contributed by atoms with Crippen molar-refractivity contribution in [2.45, 2.75) is 38.1 Å². The predicted molar refractivity (Wildman–Crippen MR) is 67.3 cm³/mol. The van der Waals surface area contributed by atoms with Gasteiger partial charge >= 0.3 is 12.1 Å². The summed E-state index contributed by atoms with van der Waals surface area (Å²) in [5, 5.41) is 8.91. The maximum atomic E-state index is 11.7. The van der Waals surface area contributed by atoms with Crippen molar-refractivity contribution in [2.24, 2.45) is 0 Å². The molecule has 0 bridgehead atoms. The Bertz CT molecular complexity index is 363. The molecule has 0 aliphatic carbocycles. The first-order chi connectivity index (χ1) is 8.20. The molecule has 1 fully saturated rings. The SMILES string of the molecule is C[Si](C)(C)CCOC(=O)N1CC(=O)CC1C(=O)O. The first-order valence-electron chi connectivity index (χ1n) is 5.88. The standard InChI is InChI=1S/C11H19NO5Si/c1-18(2,3)5-4-17-11(16)12-7-8(13)6-9(12)10(14)15/h9H,4-7H2,1-3H3,(H,14,15). The minimum atomic E-state index is -1.29. The lowest BCUT2D eigenvalue weighted by Gasteiger charge is -2.21. The van der Waals surface area contributed by atoms with Crippen LogP contribution in [0.3, 0.4) is 0 Å². The Labute approximate surface area is 107 Å². The summed E-state index contributed by atoms with van der Waals surface area (Å²) in [6.45, 7) is 6.58. The molecule has 1 saturated heterocycles. The molecule has 1 aliphatic heterocycles. The molecule has 1 heterocycles. The Morgan fingerprint density at radius 2 is 2.06 bits per heavy atom. The van der Waals surface area contributed by atoms with Crippen LogP contribution in [0.4, 0.5) is 4.79 Å². The van der Waals surface area contributed by atoms with E-state index >= 15 is 0 Å². The summed E-state index contributed by atoms with van der Waals surface area (Å²) < 4.78 is 5.04. The lowest BCUT2D eigenvalue weighted by Crippen LogP contribution is -2.41. The molecular formula is C11H19NO5Si. The van der Waals surface area contributed by atoms with Gasteiger partial charge in [-0.25, -0.2) is 9.59 Å². The van der Waals surface area contributed by atoms with E-state index in [0.717, 1.165) is 10.9 Å². The third-order valence-corrected chi connectivity index (χ3v) is 4.45. The smallest absolute Gasteiger partial charge is 0.410 e. The normalized spacial score (nSPS) is 20.1. The molecule has 1 rings (SSSR count). The van der Waals surface area contributed by atoms with Gasteiger partial charge in [0.1, 0.15) is 6.04 Å². The zero-order valence-corrected chi connectivity index (χ0v) is 11.9.